The van der Waals surface area contributed by atoms with E-state index in [4.69, 9.17) is 5.73 Å². The van der Waals surface area contributed by atoms with Gasteiger partial charge in [0.1, 0.15) is 5.69 Å². The molecule has 6 heteroatoms. The summed E-state index contributed by atoms with van der Waals surface area (Å²) in [4.78, 5) is 12.8. The third-order valence-electron chi connectivity index (χ3n) is 3.38. The van der Waals surface area contributed by atoms with Gasteiger partial charge in [0.2, 0.25) is 0 Å². The summed E-state index contributed by atoms with van der Waals surface area (Å²) in [6, 6.07) is 5.10. The van der Waals surface area contributed by atoms with Crippen molar-refractivity contribution in [2.24, 2.45) is 0 Å². The fourth-order valence-electron chi connectivity index (χ4n) is 2.27. The summed E-state index contributed by atoms with van der Waals surface area (Å²) in [6.45, 7) is 5.06. The van der Waals surface area contributed by atoms with E-state index in [0.717, 1.165) is 31.0 Å². The average Bonchev–Trinajstić information content (AvgIpc) is 2.41. The Morgan fingerprint density at radius 1 is 1.58 bits per heavy atom. The highest BCUT2D eigenvalue weighted by atomic mass is 32.2. The Morgan fingerprint density at radius 2 is 2.37 bits per heavy atom. The minimum atomic E-state index is -0.417. The number of nitrogen functional groups attached to an aromatic ring is 1. The van der Waals surface area contributed by atoms with Gasteiger partial charge in [-0.1, -0.05) is 13.0 Å². The van der Waals surface area contributed by atoms with Gasteiger partial charge in [-0.2, -0.15) is 11.8 Å². The maximum Gasteiger partial charge on any atom is 0.292 e. The lowest BCUT2D eigenvalue weighted by Gasteiger charge is -2.31. The second kappa shape index (κ2) is 6.25. The van der Waals surface area contributed by atoms with Crippen molar-refractivity contribution in [3.8, 4) is 0 Å². The Morgan fingerprint density at radius 3 is 3.05 bits per heavy atom. The molecule has 19 heavy (non-hydrogen) atoms. The molecule has 0 aromatic heterocycles. The predicted molar refractivity (Wildman–Crippen MR) is 79.3 cm³/mol. The van der Waals surface area contributed by atoms with Gasteiger partial charge in [-0.15, -0.1) is 0 Å². The number of benzene rings is 1. The Hall–Kier alpha value is -1.27. The van der Waals surface area contributed by atoms with Crippen LogP contribution in [0, 0.1) is 10.1 Å². The van der Waals surface area contributed by atoms with Crippen molar-refractivity contribution in [2.75, 3.05) is 24.6 Å². The molecule has 0 aliphatic carbocycles. The van der Waals surface area contributed by atoms with E-state index < -0.39 is 4.92 Å². The fraction of sp³-hybridized carbons (Fsp3) is 0.538. The minimum Gasteiger partial charge on any atom is -0.393 e. The molecule has 1 aliphatic rings. The van der Waals surface area contributed by atoms with Crippen LogP contribution < -0.4 is 5.73 Å². The largest absolute Gasteiger partial charge is 0.393 e. The van der Waals surface area contributed by atoms with Crippen LogP contribution in [0.3, 0.4) is 0 Å². The second-order valence-electron chi connectivity index (χ2n) is 4.79. The van der Waals surface area contributed by atoms with Crippen LogP contribution in [0.15, 0.2) is 18.2 Å². The zero-order chi connectivity index (χ0) is 13.8. The highest BCUT2D eigenvalue weighted by Crippen LogP contribution is 2.25. The van der Waals surface area contributed by atoms with E-state index in [2.05, 4.69) is 11.8 Å². The van der Waals surface area contributed by atoms with Crippen molar-refractivity contribution in [3.63, 3.8) is 0 Å². The van der Waals surface area contributed by atoms with E-state index in [1.165, 1.54) is 6.42 Å². The molecule has 0 radical (unpaired) electrons. The Labute approximate surface area is 117 Å². The number of thioether (sulfide) groups is 1. The molecule has 104 valence electrons. The number of nitro benzene ring substituents is 1. The molecule has 1 fully saturated rings. The van der Waals surface area contributed by atoms with Crippen LogP contribution in [-0.2, 0) is 6.54 Å². The van der Waals surface area contributed by atoms with Crippen LogP contribution in [-0.4, -0.2) is 33.9 Å². The van der Waals surface area contributed by atoms with Gasteiger partial charge in [-0.25, -0.2) is 0 Å². The summed E-state index contributed by atoms with van der Waals surface area (Å²) in [7, 11) is 0. The molecule has 1 aliphatic heterocycles. The van der Waals surface area contributed by atoms with Crippen molar-refractivity contribution in [1.82, 2.24) is 4.90 Å². The van der Waals surface area contributed by atoms with Crippen LogP contribution in [0.4, 0.5) is 11.4 Å². The first kappa shape index (κ1) is 14.1. The van der Waals surface area contributed by atoms with Crippen LogP contribution in [0.2, 0.25) is 0 Å². The van der Waals surface area contributed by atoms with Crippen molar-refractivity contribution in [1.29, 1.82) is 0 Å². The molecular weight excluding hydrogens is 262 g/mol. The maximum atomic E-state index is 10.9. The van der Waals surface area contributed by atoms with Gasteiger partial charge in [0.15, 0.2) is 0 Å². The van der Waals surface area contributed by atoms with Gasteiger partial charge < -0.3 is 5.73 Å². The quantitative estimate of drug-likeness (QED) is 0.521. The van der Waals surface area contributed by atoms with Gasteiger partial charge in [0.05, 0.1) is 4.92 Å². The number of hydrogen-bond donors (Lipinski definition) is 1. The molecule has 0 bridgehead atoms. The first-order valence-corrected chi connectivity index (χ1v) is 7.51. The molecule has 1 heterocycles. The van der Waals surface area contributed by atoms with Gasteiger partial charge in [0, 0.05) is 36.7 Å². The molecule has 1 unspecified atom stereocenters. The summed E-state index contributed by atoms with van der Waals surface area (Å²) >= 11 is 2.02. The first-order chi connectivity index (χ1) is 9.10. The lowest BCUT2D eigenvalue weighted by Crippen LogP contribution is -2.37. The molecule has 1 aromatic rings. The fourth-order valence-corrected chi connectivity index (χ4v) is 3.52. The summed E-state index contributed by atoms with van der Waals surface area (Å²) < 4.78 is 0. The summed E-state index contributed by atoms with van der Waals surface area (Å²) in [5.41, 5.74) is 6.81. The van der Waals surface area contributed by atoms with Crippen molar-refractivity contribution < 1.29 is 4.92 Å². The first-order valence-electron chi connectivity index (χ1n) is 6.47. The number of hydrogen-bond acceptors (Lipinski definition) is 5. The highest BCUT2D eigenvalue weighted by Gasteiger charge is 2.20. The maximum absolute atomic E-state index is 10.9. The molecule has 1 aromatic carbocycles. The van der Waals surface area contributed by atoms with E-state index in [9.17, 15) is 10.1 Å². The topological polar surface area (TPSA) is 72.4 Å². The minimum absolute atomic E-state index is 0.0101. The van der Waals surface area contributed by atoms with Crippen molar-refractivity contribution in [2.45, 2.75) is 25.1 Å². The summed E-state index contributed by atoms with van der Waals surface area (Å²) in [5, 5.41) is 11.6. The van der Waals surface area contributed by atoms with Crippen molar-refractivity contribution in [3.05, 3.63) is 33.9 Å². The Balaban J connectivity index is 2.06. The standard InChI is InChI=1S/C13H19N3O2S/c1-2-11-9-15(5-6-19-11)8-10-3-4-12(14)13(7-10)16(17)18/h3-4,7,11H,2,5-6,8-9,14H2,1H3. The normalized spacial score (nSPS) is 20.4. The molecule has 0 amide bonds. The van der Waals surface area contributed by atoms with Crippen LogP contribution >= 0.6 is 11.8 Å². The molecule has 2 rings (SSSR count). The smallest absolute Gasteiger partial charge is 0.292 e. The molecule has 5 nitrogen and oxygen atoms in total. The number of rotatable bonds is 4. The second-order valence-corrected chi connectivity index (χ2v) is 6.19. The zero-order valence-electron chi connectivity index (χ0n) is 11.0. The molecule has 0 spiro atoms. The van der Waals surface area contributed by atoms with Crippen molar-refractivity contribution >= 4 is 23.1 Å². The van der Waals surface area contributed by atoms with Crippen LogP contribution in [0.1, 0.15) is 18.9 Å². The Kier molecular flexibility index (Phi) is 4.66. The molecule has 0 saturated carbocycles. The highest BCUT2D eigenvalue weighted by molar-refractivity contribution is 8.00. The predicted octanol–water partition coefficient (Wildman–Crippen LogP) is 2.50. The summed E-state index contributed by atoms with van der Waals surface area (Å²) in [5.74, 6) is 1.13. The number of nitrogens with two attached hydrogens (primary N) is 1. The van der Waals surface area contributed by atoms with Gasteiger partial charge in [-0.05, 0) is 18.1 Å². The zero-order valence-corrected chi connectivity index (χ0v) is 11.9. The van der Waals surface area contributed by atoms with E-state index >= 15 is 0 Å². The molecule has 1 atom stereocenters. The number of anilines is 1. The Bertz CT molecular complexity index is 467. The van der Waals surface area contributed by atoms with E-state index in [1.807, 2.05) is 17.8 Å². The molecule has 1 saturated heterocycles. The third-order valence-corrected chi connectivity index (χ3v) is 4.75. The number of nitrogens with zero attached hydrogens (tertiary/aromatic N) is 2. The SMILES string of the molecule is CCC1CN(Cc2ccc(N)c([N+](=O)[O-])c2)CCS1. The van der Waals surface area contributed by atoms with E-state index in [-0.39, 0.29) is 11.4 Å². The van der Waals surface area contributed by atoms with E-state index in [0.29, 0.717) is 5.25 Å². The molecular formula is C13H19N3O2S. The van der Waals surface area contributed by atoms with Crippen LogP contribution in [0.25, 0.3) is 0 Å². The lowest BCUT2D eigenvalue weighted by atomic mass is 10.1. The third kappa shape index (κ3) is 3.61. The van der Waals surface area contributed by atoms with Gasteiger partial charge in [0.25, 0.3) is 5.69 Å². The number of nitro groups is 1. The van der Waals surface area contributed by atoms with Gasteiger partial charge in [-0.3, -0.25) is 15.0 Å². The molecule has 2 N–H and O–H groups in total. The lowest BCUT2D eigenvalue weighted by molar-refractivity contribution is -0.384. The monoisotopic (exact) mass is 281 g/mol. The van der Waals surface area contributed by atoms with Crippen LogP contribution in [0.5, 0.6) is 0 Å². The average molecular weight is 281 g/mol. The summed E-state index contributed by atoms with van der Waals surface area (Å²) in [6.07, 6.45) is 1.17. The van der Waals surface area contributed by atoms with E-state index in [1.54, 1.807) is 12.1 Å². The van der Waals surface area contributed by atoms with Gasteiger partial charge >= 0.3 is 0 Å².